The molecule has 3 heterocycles. The number of para-hydroxylation sites is 1. The number of nitrogens with zero attached hydrogens (tertiary/aromatic N) is 4. The first kappa shape index (κ1) is 24.6. The molecule has 2 aliphatic rings. The third-order valence-electron chi connectivity index (χ3n) is 7.31. The van der Waals surface area contributed by atoms with Crippen LogP contribution in [0.5, 0.6) is 0 Å². The third-order valence-corrected chi connectivity index (χ3v) is 7.82. The minimum absolute atomic E-state index is 0.0544. The molecule has 5 nitrogen and oxygen atoms in total. The molecule has 194 valence electrons. The number of fused-ring (bicyclic) bond motifs is 2. The fourth-order valence-corrected chi connectivity index (χ4v) is 5.69. The van der Waals surface area contributed by atoms with Gasteiger partial charge < -0.3 is 5.11 Å². The van der Waals surface area contributed by atoms with Gasteiger partial charge in [0.15, 0.2) is 5.65 Å². The van der Waals surface area contributed by atoms with Gasteiger partial charge in [-0.25, -0.2) is 14.6 Å². The maximum Gasteiger partial charge on any atom is 0.164 e. The SMILES string of the molecule is Cc1ccc2nc(-c3ccc(Cl)cc3)c3c4c(C)nn(-c5ccccc5)c4n/c(=C(/O)c4ccc(Cl)cc4)c1c2-3. The Morgan fingerprint density at radius 1 is 0.725 bits per heavy atom. The number of halogens is 2. The second-order valence-electron chi connectivity index (χ2n) is 9.84. The number of benzene rings is 4. The lowest BCUT2D eigenvalue weighted by molar-refractivity contribution is 0.506. The standard InChI is InChI=1S/C33H22Cl2N4O/c1-18-8-17-25-28-26(18)31(32(40)21-11-15-23(35)16-12-21)37-33-27(19(2)38-39(33)24-6-4-3-5-7-24)29(28)30(36-25)20-9-13-22(34)14-10-20/h3-17,40H,1-2H3/b32-31+. The molecule has 0 saturated carbocycles. The summed E-state index contributed by atoms with van der Waals surface area (Å²) in [4.78, 5) is 10.3. The number of aryl methyl sites for hydroxylation is 2. The molecule has 0 amide bonds. The Hall–Kier alpha value is -4.45. The van der Waals surface area contributed by atoms with Crippen LogP contribution in [0.15, 0.2) is 91.0 Å². The van der Waals surface area contributed by atoms with Crippen molar-refractivity contribution in [1.82, 2.24) is 19.7 Å². The molecule has 1 aromatic heterocycles. The van der Waals surface area contributed by atoms with Gasteiger partial charge in [0.2, 0.25) is 0 Å². The van der Waals surface area contributed by atoms with Crippen molar-refractivity contribution in [2.75, 3.05) is 0 Å². The van der Waals surface area contributed by atoms with Crippen LogP contribution in [0.2, 0.25) is 10.0 Å². The molecule has 0 bridgehead atoms. The Bertz CT molecular complexity index is 2080. The van der Waals surface area contributed by atoms with Crippen molar-refractivity contribution >= 4 is 50.9 Å². The van der Waals surface area contributed by atoms with Gasteiger partial charge in [0.05, 0.1) is 28.0 Å². The van der Waals surface area contributed by atoms with E-state index in [1.165, 1.54) is 0 Å². The topological polar surface area (TPSA) is 63.8 Å². The monoisotopic (exact) mass is 560 g/mol. The highest BCUT2D eigenvalue weighted by Crippen LogP contribution is 2.44. The Balaban J connectivity index is 1.73. The summed E-state index contributed by atoms with van der Waals surface area (Å²) in [5.74, 6) is 0.0544. The van der Waals surface area contributed by atoms with Gasteiger partial charge in [-0.2, -0.15) is 5.10 Å². The van der Waals surface area contributed by atoms with Crippen LogP contribution in [0.25, 0.3) is 55.8 Å². The van der Waals surface area contributed by atoms with Crippen molar-refractivity contribution in [3.05, 3.63) is 123 Å². The molecule has 2 aliphatic heterocycles. The van der Waals surface area contributed by atoms with Gasteiger partial charge in [-0.15, -0.1) is 0 Å². The van der Waals surface area contributed by atoms with Crippen molar-refractivity contribution in [2.45, 2.75) is 13.8 Å². The molecule has 40 heavy (non-hydrogen) atoms. The summed E-state index contributed by atoms with van der Waals surface area (Å²) in [5, 5.41) is 20.2. The Morgan fingerprint density at radius 2 is 1.40 bits per heavy atom. The molecule has 7 heteroatoms. The molecule has 7 rings (SSSR count). The predicted octanol–water partition coefficient (Wildman–Crippen LogP) is 8.10. The quantitative estimate of drug-likeness (QED) is 0.237. The highest BCUT2D eigenvalue weighted by molar-refractivity contribution is 6.31. The number of aliphatic hydroxyl groups is 1. The molecular formula is C33H22Cl2N4O. The van der Waals surface area contributed by atoms with E-state index in [1.54, 1.807) is 24.3 Å². The van der Waals surface area contributed by atoms with E-state index >= 15 is 0 Å². The van der Waals surface area contributed by atoms with E-state index in [0.717, 1.165) is 55.6 Å². The Labute approximate surface area is 240 Å². The van der Waals surface area contributed by atoms with Crippen molar-refractivity contribution < 1.29 is 5.11 Å². The summed E-state index contributed by atoms with van der Waals surface area (Å²) in [6.07, 6.45) is 0. The lowest BCUT2D eigenvalue weighted by Crippen LogP contribution is -2.14. The van der Waals surface area contributed by atoms with Crippen LogP contribution >= 0.6 is 23.2 Å². The summed E-state index contributed by atoms with van der Waals surface area (Å²) in [5.41, 5.74) is 8.33. The zero-order valence-electron chi connectivity index (χ0n) is 21.7. The number of aliphatic hydroxyl groups excluding tert-OH is 1. The molecule has 0 unspecified atom stereocenters. The van der Waals surface area contributed by atoms with Crippen LogP contribution in [-0.2, 0) is 0 Å². The van der Waals surface area contributed by atoms with Crippen LogP contribution in [0.3, 0.4) is 0 Å². The van der Waals surface area contributed by atoms with E-state index in [-0.39, 0.29) is 5.76 Å². The molecule has 4 aromatic carbocycles. The maximum atomic E-state index is 11.8. The van der Waals surface area contributed by atoms with Crippen molar-refractivity contribution in [3.63, 3.8) is 0 Å². The Morgan fingerprint density at radius 3 is 2.10 bits per heavy atom. The minimum Gasteiger partial charge on any atom is -0.505 e. The normalized spacial score (nSPS) is 12.5. The van der Waals surface area contributed by atoms with E-state index in [1.807, 2.05) is 85.3 Å². The molecule has 5 aromatic rings. The van der Waals surface area contributed by atoms with Gasteiger partial charge in [-0.1, -0.05) is 59.6 Å². The fourth-order valence-electron chi connectivity index (χ4n) is 5.44. The average Bonchev–Trinajstić information content (AvgIpc) is 3.44. The van der Waals surface area contributed by atoms with Gasteiger partial charge in [0.25, 0.3) is 0 Å². The number of aromatic nitrogens is 4. The summed E-state index contributed by atoms with van der Waals surface area (Å²) in [7, 11) is 0. The van der Waals surface area contributed by atoms with Crippen molar-refractivity contribution in [2.24, 2.45) is 0 Å². The molecule has 0 atom stereocenters. The lowest BCUT2D eigenvalue weighted by atomic mass is 9.94. The van der Waals surface area contributed by atoms with E-state index in [2.05, 4.69) is 0 Å². The van der Waals surface area contributed by atoms with Gasteiger partial charge in [-0.3, -0.25) is 0 Å². The molecule has 0 radical (unpaired) electrons. The molecular weight excluding hydrogens is 539 g/mol. The van der Waals surface area contributed by atoms with E-state index < -0.39 is 0 Å². The first-order valence-corrected chi connectivity index (χ1v) is 13.6. The van der Waals surface area contributed by atoms with Crippen LogP contribution in [0.4, 0.5) is 0 Å². The minimum atomic E-state index is 0.0544. The lowest BCUT2D eigenvalue weighted by Gasteiger charge is -2.07. The second kappa shape index (κ2) is 9.33. The summed E-state index contributed by atoms with van der Waals surface area (Å²) >= 11 is 12.4. The largest absolute Gasteiger partial charge is 0.505 e. The van der Waals surface area contributed by atoms with Crippen molar-refractivity contribution in [1.29, 1.82) is 0 Å². The van der Waals surface area contributed by atoms with Gasteiger partial charge in [-0.05, 0) is 74.0 Å². The number of hydrogen-bond acceptors (Lipinski definition) is 4. The fraction of sp³-hybridized carbons (Fsp3) is 0.0606. The van der Waals surface area contributed by atoms with Gasteiger partial charge in [0.1, 0.15) is 11.1 Å². The Kier molecular flexibility index (Phi) is 5.74. The van der Waals surface area contributed by atoms with Crippen LogP contribution < -0.4 is 5.35 Å². The predicted molar refractivity (Wildman–Crippen MR) is 163 cm³/mol. The highest BCUT2D eigenvalue weighted by Gasteiger charge is 2.27. The zero-order valence-corrected chi connectivity index (χ0v) is 23.2. The van der Waals surface area contributed by atoms with Crippen LogP contribution in [0, 0.1) is 13.8 Å². The van der Waals surface area contributed by atoms with Crippen molar-refractivity contribution in [3.8, 4) is 28.1 Å². The van der Waals surface area contributed by atoms with E-state index in [4.69, 9.17) is 38.3 Å². The maximum absolute atomic E-state index is 11.8. The van der Waals surface area contributed by atoms with E-state index in [0.29, 0.717) is 26.6 Å². The first-order valence-electron chi connectivity index (χ1n) is 12.8. The molecule has 1 N–H and O–H groups in total. The number of rotatable bonds is 3. The molecule has 0 saturated heterocycles. The van der Waals surface area contributed by atoms with Gasteiger partial charge >= 0.3 is 0 Å². The molecule has 0 spiro atoms. The summed E-state index contributed by atoms with van der Waals surface area (Å²) < 4.78 is 1.84. The van der Waals surface area contributed by atoms with Gasteiger partial charge in [0, 0.05) is 37.7 Å². The highest BCUT2D eigenvalue weighted by atomic mass is 35.5. The van der Waals surface area contributed by atoms with Crippen LogP contribution in [-0.4, -0.2) is 24.9 Å². The smallest absolute Gasteiger partial charge is 0.164 e. The van der Waals surface area contributed by atoms with Crippen LogP contribution in [0.1, 0.15) is 16.8 Å². The second-order valence-corrected chi connectivity index (χ2v) is 10.7. The summed E-state index contributed by atoms with van der Waals surface area (Å²) in [6.45, 7) is 4.02. The number of hydrogen-bond donors (Lipinski definition) is 1. The average molecular weight is 561 g/mol. The first-order chi connectivity index (χ1) is 19.4. The zero-order chi connectivity index (χ0) is 27.5. The summed E-state index contributed by atoms with van der Waals surface area (Å²) in [6, 6.07) is 28.8. The van der Waals surface area contributed by atoms with E-state index in [9.17, 15) is 5.11 Å². The molecule has 0 aliphatic carbocycles. The third kappa shape index (κ3) is 3.81. The molecule has 0 fully saturated rings.